The third-order valence-electron chi connectivity index (χ3n) is 4.06. The first-order chi connectivity index (χ1) is 10.1. The number of ether oxygens (including phenoxy) is 1. The summed E-state index contributed by atoms with van der Waals surface area (Å²) in [5, 5.41) is 0. The molecular formula is C15H20ClNO3S. The number of rotatable bonds is 7. The van der Waals surface area contributed by atoms with Crippen molar-refractivity contribution in [1.29, 1.82) is 0 Å². The van der Waals surface area contributed by atoms with Crippen molar-refractivity contribution in [3.8, 4) is 5.75 Å². The molecule has 0 radical (unpaired) electrons. The maximum Gasteiger partial charge on any atom is 0.247 e. The van der Waals surface area contributed by atoms with Crippen molar-refractivity contribution in [2.75, 3.05) is 13.7 Å². The van der Waals surface area contributed by atoms with Crippen LogP contribution < -0.4 is 4.74 Å². The van der Waals surface area contributed by atoms with E-state index in [1.807, 2.05) is 0 Å². The fourth-order valence-corrected chi connectivity index (χ4v) is 4.63. The van der Waals surface area contributed by atoms with Gasteiger partial charge >= 0.3 is 0 Å². The molecule has 21 heavy (non-hydrogen) atoms. The van der Waals surface area contributed by atoms with E-state index in [0.717, 1.165) is 31.2 Å². The molecule has 0 atom stereocenters. The Bertz CT molecular complexity index is 624. The van der Waals surface area contributed by atoms with Gasteiger partial charge in [-0.25, -0.2) is 8.42 Å². The van der Waals surface area contributed by atoms with Crippen LogP contribution in [-0.2, 0) is 15.9 Å². The predicted molar refractivity (Wildman–Crippen MR) is 82.2 cm³/mol. The quantitative estimate of drug-likeness (QED) is 0.722. The van der Waals surface area contributed by atoms with Crippen LogP contribution in [0, 0.1) is 5.92 Å². The minimum atomic E-state index is -3.52. The molecule has 0 unspecified atom stereocenters. The Morgan fingerprint density at radius 1 is 1.29 bits per heavy atom. The van der Waals surface area contributed by atoms with Gasteiger partial charge in [0.1, 0.15) is 10.6 Å². The molecule has 4 nitrogen and oxygen atoms in total. The van der Waals surface area contributed by atoms with E-state index in [1.54, 1.807) is 22.5 Å². The zero-order valence-electron chi connectivity index (χ0n) is 12.1. The molecule has 2 aliphatic carbocycles. The molecule has 0 aromatic heterocycles. The Kier molecular flexibility index (Phi) is 4.17. The van der Waals surface area contributed by atoms with E-state index in [-0.39, 0.29) is 10.9 Å². The summed E-state index contributed by atoms with van der Waals surface area (Å²) >= 11 is 5.84. The van der Waals surface area contributed by atoms with Crippen LogP contribution in [0.4, 0.5) is 0 Å². The SMILES string of the molecule is COc1ccc(CCl)cc1S(=O)(=O)N(CC1CC1)C1CC1. The zero-order valence-corrected chi connectivity index (χ0v) is 13.7. The second-order valence-corrected chi connectivity index (χ2v) is 7.99. The highest BCUT2D eigenvalue weighted by Gasteiger charge is 2.42. The van der Waals surface area contributed by atoms with Crippen LogP contribution in [0.2, 0.25) is 0 Å². The summed E-state index contributed by atoms with van der Waals surface area (Å²) in [5.41, 5.74) is 0.790. The lowest BCUT2D eigenvalue weighted by Gasteiger charge is -2.23. The number of benzene rings is 1. The van der Waals surface area contributed by atoms with Crippen LogP contribution in [-0.4, -0.2) is 32.4 Å². The van der Waals surface area contributed by atoms with E-state index in [4.69, 9.17) is 16.3 Å². The van der Waals surface area contributed by atoms with Crippen LogP contribution in [0.15, 0.2) is 23.1 Å². The molecular weight excluding hydrogens is 310 g/mol. The average Bonchev–Trinajstić information content (AvgIpc) is 3.37. The average molecular weight is 330 g/mol. The molecule has 0 spiro atoms. The summed E-state index contributed by atoms with van der Waals surface area (Å²) in [5.74, 6) is 1.21. The largest absolute Gasteiger partial charge is 0.495 e. The Balaban J connectivity index is 1.98. The first kappa shape index (κ1) is 15.1. The van der Waals surface area contributed by atoms with Gasteiger partial charge in [-0.3, -0.25) is 0 Å². The Morgan fingerprint density at radius 2 is 2.00 bits per heavy atom. The molecule has 0 N–H and O–H groups in total. The molecule has 6 heteroatoms. The van der Waals surface area contributed by atoms with Crippen LogP contribution in [0.1, 0.15) is 31.2 Å². The predicted octanol–water partition coefficient (Wildman–Crippen LogP) is 3.00. The molecule has 3 rings (SSSR count). The number of hydrogen-bond donors (Lipinski definition) is 0. The van der Waals surface area contributed by atoms with Gasteiger partial charge in [-0.05, 0) is 49.3 Å². The minimum Gasteiger partial charge on any atom is -0.495 e. The summed E-state index contributed by atoms with van der Waals surface area (Å²) in [6.45, 7) is 0.640. The monoisotopic (exact) mass is 329 g/mol. The summed E-state index contributed by atoms with van der Waals surface area (Å²) in [6.07, 6.45) is 4.20. The van der Waals surface area contributed by atoms with Gasteiger partial charge in [0, 0.05) is 18.5 Å². The summed E-state index contributed by atoms with van der Waals surface area (Å²) in [4.78, 5) is 0.246. The first-order valence-corrected chi connectivity index (χ1v) is 9.28. The van der Waals surface area contributed by atoms with Gasteiger partial charge < -0.3 is 4.74 Å². The van der Waals surface area contributed by atoms with Crippen molar-refractivity contribution in [1.82, 2.24) is 4.31 Å². The fraction of sp³-hybridized carbons (Fsp3) is 0.600. The maximum absolute atomic E-state index is 13.0. The second-order valence-electron chi connectivity index (χ2n) is 5.87. The van der Waals surface area contributed by atoms with Gasteiger partial charge in [-0.1, -0.05) is 6.07 Å². The molecule has 2 fully saturated rings. The summed E-state index contributed by atoms with van der Waals surface area (Å²) < 4.78 is 33.0. The third-order valence-corrected chi connectivity index (χ3v) is 6.31. The van der Waals surface area contributed by atoms with Crippen LogP contribution in [0.5, 0.6) is 5.75 Å². The standard InChI is InChI=1S/C15H20ClNO3S/c1-20-14-7-4-12(9-16)8-15(14)21(18,19)17(13-5-6-13)10-11-2-3-11/h4,7-8,11,13H,2-3,5-6,9-10H2,1H3. The van der Waals surface area contributed by atoms with Crippen molar-refractivity contribution in [3.63, 3.8) is 0 Å². The number of sulfonamides is 1. The molecule has 0 bridgehead atoms. The summed E-state index contributed by atoms with van der Waals surface area (Å²) in [7, 11) is -2.02. The molecule has 0 aliphatic heterocycles. The highest BCUT2D eigenvalue weighted by Crippen LogP contribution is 2.39. The lowest BCUT2D eigenvalue weighted by Crippen LogP contribution is -2.35. The summed E-state index contributed by atoms with van der Waals surface area (Å²) in [6, 6.07) is 5.30. The Morgan fingerprint density at radius 3 is 2.52 bits per heavy atom. The lowest BCUT2D eigenvalue weighted by molar-refractivity contribution is 0.376. The first-order valence-electron chi connectivity index (χ1n) is 7.31. The maximum atomic E-state index is 13.0. The van der Waals surface area contributed by atoms with Crippen LogP contribution in [0.3, 0.4) is 0 Å². The number of hydrogen-bond acceptors (Lipinski definition) is 3. The van der Waals surface area contributed by atoms with E-state index in [1.165, 1.54) is 7.11 Å². The third kappa shape index (κ3) is 3.20. The van der Waals surface area contributed by atoms with Crippen LogP contribution >= 0.6 is 11.6 Å². The molecule has 0 heterocycles. The van der Waals surface area contributed by atoms with Gasteiger partial charge in [0.05, 0.1) is 7.11 Å². The second kappa shape index (κ2) is 5.78. The molecule has 1 aromatic carbocycles. The molecule has 2 aliphatic rings. The highest BCUT2D eigenvalue weighted by molar-refractivity contribution is 7.89. The van der Waals surface area contributed by atoms with E-state index in [9.17, 15) is 8.42 Å². The van der Waals surface area contributed by atoms with Crippen molar-refractivity contribution >= 4 is 21.6 Å². The van der Waals surface area contributed by atoms with Crippen LogP contribution in [0.25, 0.3) is 0 Å². The molecule has 2 saturated carbocycles. The lowest BCUT2D eigenvalue weighted by atomic mass is 10.2. The van der Waals surface area contributed by atoms with E-state index < -0.39 is 10.0 Å². The van der Waals surface area contributed by atoms with E-state index in [2.05, 4.69) is 0 Å². The number of methoxy groups -OCH3 is 1. The number of alkyl halides is 1. The Labute approximate surface area is 131 Å². The normalized spacial score (nSPS) is 19.0. The number of halogens is 1. The fourth-order valence-electron chi connectivity index (χ4n) is 2.49. The molecule has 0 saturated heterocycles. The minimum absolute atomic E-state index is 0.167. The van der Waals surface area contributed by atoms with Gasteiger partial charge in [0.15, 0.2) is 0 Å². The zero-order chi connectivity index (χ0) is 15.0. The Hall–Kier alpha value is -0.780. The van der Waals surface area contributed by atoms with E-state index >= 15 is 0 Å². The molecule has 0 amide bonds. The van der Waals surface area contributed by atoms with E-state index in [0.29, 0.717) is 24.1 Å². The van der Waals surface area contributed by atoms with Gasteiger partial charge in [-0.2, -0.15) is 4.31 Å². The topological polar surface area (TPSA) is 46.6 Å². The van der Waals surface area contributed by atoms with Gasteiger partial charge in [0.25, 0.3) is 0 Å². The van der Waals surface area contributed by atoms with Gasteiger partial charge in [-0.15, -0.1) is 11.6 Å². The highest BCUT2D eigenvalue weighted by atomic mass is 35.5. The number of nitrogens with zero attached hydrogens (tertiary/aromatic N) is 1. The molecule has 1 aromatic rings. The van der Waals surface area contributed by atoms with Crippen molar-refractivity contribution in [2.24, 2.45) is 5.92 Å². The van der Waals surface area contributed by atoms with Crippen molar-refractivity contribution in [2.45, 2.75) is 42.5 Å². The molecule has 116 valence electrons. The van der Waals surface area contributed by atoms with Crippen molar-refractivity contribution < 1.29 is 13.2 Å². The smallest absolute Gasteiger partial charge is 0.247 e. The van der Waals surface area contributed by atoms with Crippen molar-refractivity contribution in [3.05, 3.63) is 23.8 Å². The van der Waals surface area contributed by atoms with Gasteiger partial charge in [0.2, 0.25) is 10.0 Å².